The molecule has 96 valence electrons. The molecule has 0 unspecified atom stereocenters. The van der Waals surface area contributed by atoms with E-state index in [9.17, 15) is 9.59 Å². The molecule has 1 aliphatic rings. The number of esters is 1. The molecule has 1 heterocycles. The van der Waals surface area contributed by atoms with Crippen molar-refractivity contribution in [2.75, 3.05) is 7.11 Å². The average Bonchev–Trinajstić information content (AvgIpc) is 3.01. The fourth-order valence-corrected chi connectivity index (χ4v) is 3.68. The van der Waals surface area contributed by atoms with E-state index in [0.29, 0.717) is 5.56 Å². The molecule has 1 aromatic heterocycles. The number of fused-ring (bicyclic) bond motifs is 1. The Labute approximate surface area is 114 Å². The lowest BCUT2D eigenvalue weighted by Gasteiger charge is -2.17. The molecule has 0 bridgehead atoms. The minimum Gasteiger partial charge on any atom is -0.468 e. The van der Waals surface area contributed by atoms with Gasteiger partial charge in [-0.15, -0.1) is 11.3 Å². The monoisotopic (exact) mass is 272 g/mol. The normalized spacial score (nSPS) is 21.2. The molecule has 0 aliphatic heterocycles. The Morgan fingerprint density at radius 1 is 1.21 bits per heavy atom. The summed E-state index contributed by atoms with van der Waals surface area (Å²) < 4.78 is 4.80. The first-order valence-corrected chi connectivity index (χ1v) is 6.86. The second-order valence-electron chi connectivity index (χ2n) is 4.45. The smallest absolute Gasteiger partial charge is 0.317 e. The summed E-state index contributed by atoms with van der Waals surface area (Å²) in [7, 11) is 1.32. The summed E-state index contributed by atoms with van der Waals surface area (Å²) in [6.45, 7) is 0. The van der Waals surface area contributed by atoms with Crippen LogP contribution in [0, 0.1) is 5.92 Å². The van der Waals surface area contributed by atoms with Gasteiger partial charge in [-0.1, -0.05) is 30.3 Å². The summed E-state index contributed by atoms with van der Waals surface area (Å²) in [4.78, 5) is 25.2. The van der Waals surface area contributed by atoms with Crippen molar-refractivity contribution in [2.24, 2.45) is 5.92 Å². The third kappa shape index (κ3) is 1.79. The minimum absolute atomic E-state index is 0.128. The van der Waals surface area contributed by atoms with Gasteiger partial charge in [-0.2, -0.15) is 0 Å². The van der Waals surface area contributed by atoms with Crippen molar-refractivity contribution in [3.63, 3.8) is 0 Å². The summed E-state index contributed by atoms with van der Waals surface area (Å²) in [5, 5.41) is 1.89. The number of ketones is 1. The van der Waals surface area contributed by atoms with Crippen LogP contribution in [0.25, 0.3) is 0 Å². The van der Waals surface area contributed by atoms with Gasteiger partial charge in [-0.05, 0) is 17.0 Å². The number of rotatable bonds is 2. The fourth-order valence-electron chi connectivity index (χ4n) is 2.61. The van der Waals surface area contributed by atoms with Crippen molar-refractivity contribution in [3.8, 4) is 0 Å². The summed E-state index contributed by atoms with van der Waals surface area (Å²) >= 11 is 1.52. The summed E-state index contributed by atoms with van der Waals surface area (Å²) in [5.74, 6) is -1.54. The first-order valence-electron chi connectivity index (χ1n) is 5.98. The minimum atomic E-state index is -0.741. The number of carbonyl (C=O) groups excluding carboxylic acids is 2. The molecule has 0 N–H and O–H groups in total. The van der Waals surface area contributed by atoms with E-state index in [1.54, 1.807) is 6.07 Å². The first kappa shape index (κ1) is 12.1. The largest absolute Gasteiger partial charge is 0.468 e. The molecule has 0 spiro atoms. The van der Waals surface area contributed by atoms with Gasteiger partial charge in [0.1, 0.15) is 5.92 Å². The number of hydrogen-bond donors (Lipinski definition) is 0. The Hall–Kier alpha value is -1.94. The molecular weight excluding hydrogens is 260 g/mol. The van der Waals surface area contributed by atoms with E-state index < -0.39 is 11.9 Å². The second-order valence-corrected chi connectivity index (χ2v) is 5.40. The predicted molar refractivity (Wildman–Crippen MR) is 72.4 cm³/mol. The third-order valence-electron chi connectivity index (χ3n) is 3.47. The van der Waals surface area contributed by atoms with Crippen LogP contribution in [-0.4, -0.2) is 18.9 Å². The maximum Gasteiger partial charge on any atom is 0.317 e. The van der Waals surface area contributed by atoms with Crippen molar-refractivity contribution in [1.29, 1.82) is 0 Å². The van der Waals surface area contributed by atoms with E-state index in [1.165, 1.54) is 18.4 Å². The number of ether oxygens (including phenoxy) is 1. The predicted octanol–water partition coefficient (Wildman–Crippen LogP) is 2.87. The van der Waals surface area contributed by atoms with Gasteiger partial charge in [0.05, 0.1) is 7.11 Å². The van der Waals surface area contributed by atoms with Crippen LogP contribution in [0.15, 0.2) is 41.8 Å². The highest BCUT2D eigenvalue weighted by Crippen LogP contribution is 2.45. The van der Waals surface area contributed by atoms with Crippen LogP contribution in [0.3, 0.4) is 0 Å². The molecule has 0 saturated heterocycles. The number of thiophene rings is 1. The van der Waals surface area contributed by atoms with Crippen LogP contribution >= 0.6 is 11.3 Å². The molecular formula is C15H12O3S. The second kappa shape index (κ2) is 4.63. The van der Waals surface area contributed by atoms with Crippen LogP contribution in [0.4, 0.5) is 0 Å². The summed E-state index contributed by atoms with van der Waals surface area (Å²) in [5.41, 5.74) is 1.64. The molecule has 2 aromatic rings. The molecule has 3 nitrogen and oxygen atoms in total. The lowest BCUT2D eigenvalue weighted by molar-refractivity contribution is -0.143. The highest BCUT2D eigenvalue weighted by atomic mass is 32.1. The number of hydrogen-bond acceptors (Lipinski definition) is 4. The molecule has 1 aromatic carbocycles. The quantitative estimate of drug-likeness (QED) is 0.623. The molecule has 4 heteroatoms. The van der Waals surface area contributed by atoms with Gasteiger partial charge in [-0.25, -0.2) is 0 Å². The molecule has 2 atom stereocenters. The molecule has 0 fully saturated rings. The van der Waals surface area contributed by atoms with Gasteiger partial charge in [0.25, 0.3) is 0 Å². The zero-order chi connectivity index (χ0) is 13.4. The molecule has 1 aliphatic carbocycles. The molecule has 0 radical (unpaired) electrons. The van der Waals surface area contributed by atoms with E-state index in [1.807, 2.05) is 35.7 Å². The lowest BCUT2D eigenvalue weighted by Crippen LogP contribution is -2.26. The number of Topliss-reactive ketones (excluding diaryl/α,β-unsaturated/α-hetero) is 1. The number of methoxy groups -OCH3 is 1. The average molecular weight is 272 g/mol. The van der Waals surface area contributed by atoms with Gasteiger partial charge in [0.15, 0.2) is 5.78 Å². The van der Waals surface area contributed by atoms with Gasteiger partial charge >= 0.3 is 5.97 Å². The van der Waals surface area contributed by atoms with Crippen LogP contribution in [0.5, 0.6) is 0 Å². The Bertz CT molecular complexity index is 630. The van der Waals surface area contributed by atoms with Crippen molar-refractivity contribution in [2.45, 2.75) is 5.92 Å². The van der Waals surface area contributed by atoms with Crippen molar-refractivity contribution < 1.29 is 14.3 Å². The van der Waals surface area contributed by atoms with Gasteiger partial charge < -0.3 is 4.74 Å². The summed E-state index contributed by atoms with van der Waals surface area (Å²) in [6.07, 6.45) is 0. The van der Waals surface area contributed by atoms with Crippen LogP contribution in [0.1, 0.15) is 26.7 Å². The molecule has 0 saturated carbocycles. The lowest BCUT2D eigenvalue weighted by atomic mass is 9.88. The zero-order valence-electron chi connectivity index (χ0n) is 10.3. The Morgan fingerprint density at radius 3 is 2.63 bits per heavy atom. The van der Waals surface area contributed by atoms with Crippen LogP contribution in [-0.2, 0) is 9.53 Å². The highest BCUT2D eigenvalue weighted by Gasteiger charge is 2.46. The fraction of sp³-hybridized carbons (Fsp3) is 0.200. The Balaban J connectivity index is 2.13. The van der Waals surface area contributed by atoms with Gasteiger partial charge in [0.2, 0.25) is 0 Å². The first-order chi connectivity index (χ1) is 9.24. The van der Waals surface area contributed by atoms with Crippen molar-refractivity contribution in [3.05, 3.63) is 57.8 Å². The van der Waals surface area contributed by atoms with E-state index in [-0.39, 0.29) is 11.7 Å². The molecule has 0 amide bonds. The Morgan fingerprint density at radius 2 is 1.95 bits per heavy atom. The third-order valence-corrected chi connectivity index (χ3v) is 4.47. The Kier molecular flexibility index (Phi) is 2.95. The van der Waals surface area contributed by atoms with E-state index in [2.05, 4.69) is 0 Å². The van der Waals surface area contributed by atoms with E-state index >= 15 is 0 Å². The number of carbonyl (C=O) groups is 2. The standard InChI is InChI=1S/C15H12O3S/c1-18-15(17)12-11(9-5-3-2-4-6-9)14-10(13(12)16)7-8-19-14/h2-8,11-12H,1H3/t11-,12-/m0/s1. The maximum atomic E-state index is 12.3. The van der Waals surface area contributed by atoms with Crippen LogP contribution < -0.4 is 0 Å². The molecule has 3 rings (SSSR count). The maximum absolute atomic E-state index is 12.3. The summed E-state index contributed by atoms with van der Waals surface area (Å²) in [6, 6.07) is 11.4. The highest BCUT2D eigenvalue weighted by molar-refractivity contribution is 7.10. The van der Waals surface area contributed by atoms with Gasteiger partial charge in [-0.3, -0.25) is 9.59 Å². The van der Waals surface area contributed by atoms with Crippen LogP contribution in [0.2, 0.25) is 0 Å². The van der Waals surface area contributed by atoms with Gasteiger partial charge in [0, 0.05) is 16.4 Å². The van der Waals surface area contributed by atoms with Crippen molar-refractivity contribution >= 4 is 23.1 Å². The van der Waals surface area contributed by atoms with Crippen molar-refractivity contribution in [1.82, 2.24) is 0 Å². The zero-order valence-corrected chi connectivity index (χ0v) is 11.1. The molecule has 19 heavy (non-hydrogen) atoms. The number of benzene rings is 1. The SMILES string of the molecule is COC(=O)[C@@H]1C(=O)c2ccsc2[C@H]1c1ccccc1. The van der Waals surface area contributed by atoms with E-state index in [0.717, 1.165) is 10.4 Å². The topological polar surface area (TPSA) is 43.4 Å². The van der Waals surface area contributed by atoms with E-state index in [4.69, 9.17) is 4.74 Å².